The monoisotopic (exact) mass is 1090 g/mol. The Morgan fingerprint density at radius 3 is 1.72 bits per heavy atom. The molecule has 9 rings (SSSR count). The maximum absolute atomic E-state index is 14.9. The maximum Gasteiger partial charge on any atom is 0.269 e. The number of anilines is 2. The summed E-state index contributed by atoms with van der Waals surface area (Å²) in [4.78, 5) is 28.4. The van der Waals surface area contributed by atoms with E-state index in [2.05, 4.69) is 45.5 Å². The van der Waals surface area contributed by atoms with Crippen LogP contribution in [0.3, 0.4) is 0 Å². The fourth-order valence-corrected chi connectivity index (χ4v) is 13.3. The second-order valence-electron chi connectivity index (χ2n) is 18.2. The first-order chi connectivity index (χ1) is 32.9. The minimum atomic E-state index is -4.06. The number of nitrogens with zero attached hydrogens (tertiary/aromatic N) is 7. The molecule has 2 aliphatic rings. The lowest BCUT2D eigenvalue weighted by Crippen LogP contribution is -2.45. The fraction of sp³-hybridized carbons (Fsp3) is 0.404. The Kier molecular flexibility index (Phi) is 16.7. The van der Waals surface area contributed by atoms with E-state index in [9.17, 15) is 44.2 Å². The minimum Gasteiger partial charge on any atom is -0.389 e. The highest BCUT2D eigenvalue weighted by Crippen LogP contribution is 2.36. The summed E-state index contributed by atoms with van der Waals surface area (Å²) in [7, 11) is -10.8. The number of benzene rings is 1. The van der Waals surface area contributed by atoms with Gasteiger partial charge < -0.3 is 25.8 Å². The molecule has 25 heteroatoms. The van der Waals surface area contributed by atoms with Crippen LogP contribution < -0.4 is 10.6 Å². The third-order valence-electron chi connectivity index (χ3n) is 12.0. The number of rotatable bonds is 12. The first-order valence-electron chi connectivity index (χ1n) is 21.9. The molecule has 7 aromatic rings. The number of nitrogens with one attached hydrogen (secondary N) is 3. The Hall–Kier alpha value is -5.43. The van der Waals surface area contributed by atoms with Gasteiger partial charge in [-0.25, -0.2) is 67.9 Å². The molecule has 5 N–H and O–H groups in total. The lowest BCUT2D eigenvalue weighted by atomic mass is 9.83. The van der Waals surface area contributed by atoms with Gasteiger partial charge in [-0.15, -0.1) is 0 Å². The topological polar surface area (TPSA) is 265 Å². The van der Waals surface area contributed by atoms with Crippen LogP contribution in [0.5, 0.6) is 0 Å². The van der Waals surface area contributed by atoms with Crippen LogP contribution in [0.2, 0.25) is 10.0 Å². The average molecular weight is 1090 g/mol. The van der Waals surface area contributed by atoms with E-state index in [1.807, 2.05) is 6.92 Å². The molecule has 0 radical (unpaired) electrons. The van der Waals surface area contributed by atoms with Gasteiger partial charge in [0.25, 0.3) is 10.0 Å². The quantitative estimate of drug-likeness (QED) is 0.0772. The number of hydrogen-bond donors (Lipinski definition) is 5. The summed E-state index contributed by atoms with van der Waals surface area (Å²) in [6, 6.07) is 8.86. The summed E-state index contributed by atoms with van der Waals surface area (Å²) in [5.41, 5.74) is -0.281. The Labute approximate surface area is 427 Å². The Morgan fingerprint density at radius 2 is 1.21 bits per heavy atom. The van der Waals surface area contributed by atoms with E-state index in [1.54, 1.807) is 24.4 Å². The molecule has 0 unspecified atom stereocenters. The van der Waals surface area contributed by atoms with Crippen molar-refractivity contribution in [3.63, 3.8) is 0 Å². The highest BCUT2D eigenvalue weighted by molar-refractivity contribution is 7.91. The van der Waals surface area contributed by atoms with E-state index in [0.717, 1.165) is 34.4 Å². The largest absolute Gasteiger partial charge is 0.389 e. The van der Waals surface area contributed by atoms with E-state index in [0.29, 0.717) is 65.5 Å². The molecule has 6 aromatic heterocycles. The second-order valence-corrected chi connectivity index (χ2v) is 25.1. The maximum atomic E-state index is 14.9. The van der Waals surface area contributed by atoms with Gasteiger partial charge in [-0.1, -0.05) is 55.8 Å². The van der Waals surface area contributed by atoms with Crippen LogP contribution in [0.1, 0.15) is 71.8 Å². The van der Waals surface area contributed by atoms with E-state index >= 15 is 0 Å². The number of aryl methyl sites for hydroxylation is 1. The summed E-state index contributed by atoms with van der Waals surface area (Å²) in [5, 5.41) is 29.3. The van der Waals surface area contributed by atoms with Crippen LogP contribution in [0.4, 0.5) is 20.4 Å². The minimum absolute atomic E-state index is 0. The summed E-state index contributed by atoms with van der Waals surface area (Å²) in [5.74, 6) is -1.94. The van der Waals surface area contributed by atoms with E-state index in [-0.39, 0.29) is 83.9 Å². The molecule has 6 heterocycles. The summed E-state index contributed by atoms with van der Waals surface area (Å²) in [6.07, 6.45) is 13.4. The Bertz CT molecular complexity index is 3460. The lowest BCUT2D eigenvalue weighted by Gasteiger charge is -2.36. The molecule has 0 bridgehead atoms. The van der Waals surface area contributed by atoms with E-state index in [4.69, 9.17) is 23.2 Å². The van der Waals surface area contributed by atoms with Crippen LogP contribution in [0.25, 0.3) is 44.8 Å². The molecule has 4 atom stereocenters. The van der Waals surface area contributed by atoms with Crippen LogP contribution in [-0.4, -0.2) is 122 Å². The molecule has 1 aromatic carbocycles. The van der Waals surface area contributed by atoms with Gasteiger partial charge in [0.15, 0.2) is 40.6 Å². The Morgan fingerprint density at radius 1 is 0.722 bits per heavy atom. The van der Waals surface area contributed by atoms with Gasteiger partial charge in [0, 0.05) is 71.3 Å². The van der Waals surface area contributed by atoms with Crippen LogP contribution in [0, 0.1) is 18.6 Å². The number of halogens is 4. The SMILES string of the molecule is C.C.CS(=O)(=O)C[C@@]1(O)CCC[C@H](Nc2nc(-c3c[nH]c4ncc(Cl)cc34)ncc2F)C1.Cc1ccc(S(=O)(=O)n2cc(-c3ncc(F)c(N[C@H]4CCC[C@](O)(CS(C)(=O)=O)C4)n3)c3cc(Cl)cnc32)cc1. The van der Waals surface area contributed by atoms with Gasteiger partial charge in [-0.2, -0.15) is 0 Å². The molecule has 72 heavy (non-hydrogen) atoms. The van der Waals surface area contributed by atoms with Crippen molar-refractivity contribution >= 4 is 86.6 Å². The van der Waals surface area contributed by atoms with Crippen molar-refractivity contribution in [3.8, 4) is 22.8 Å². The smallest absolute Gasteiger partial charge is 0.269 e. The second kappa shape index (κ2) is 21.6. The first-order valence-corrected chi connectivity index (χ1v) is 28.2. The fourth-order valence-electron chi connectivity index (χ4n) is 9.15. The lowest BCUT2D eigenvalue weighted by molar-refractivity contribution is 0.0208. The van der Waals surface area contributed by atoms with Gasteiger partial charge >= 0.3 is 0 Å². The van der Waals surface area contributed by atoms with Gasteiger partial charge in [-0.3, -0.25) is 0 Å². The van der Waals surface area contributed by atoms with Crippen LogP contribution >= 0.6 is 23.2 Å². The van der Waals surface area contributed by atoms with Gasteiger partial charge in [0.1, 0.15) is 25.3 Å². The zero-order valence-electron chi connectivity index (χ0n) is 37.9. The normalized spacial score (nSPS) is 20.5. The molecule has 0 amide bonds. The number of aromatic amines is 1. The van der Waals surface area contributed by atoms with Crippen molar-refractivity contribution in [2.75, 3.05) is 34.7 Å². The highest BCUT2D eigenvalue weighted by Gasteiger charge is 2.39. The number of sulfone groups is 2. The van der Waals surface area contributed by atoms with Crippen LogP contribution in [-0.2, 0) is 29.7 Å². The molecule has 2 fully saturated rings. The number of fused-ring (bicyclic) bond motifs is 2. The standard InChI is InChI=1S/C26H27ClFN5O5S2.C19H21ClFN5O3S.2CH4/c1-16-5-7-19(8-6-16)40(37,38)33-14-21(20-10-17(27)12-30-25(20)33)23-29-13-22(28)24(32-23)31-18-4-3-9-26(34,11-18)15-39(2,35)36;1-30(28,29)10-19(27)4-2-3-12(6-19)25-18-15(21)9-24-17(26-18)14-8-23-16-13(14)5-11(20)7-22-16;;/h5-8,10,12-14,18,34H,3-4,9,11,15H2,1-2H3,(H,29,31,32);5,7-9,12,27H,2-4,6,10H2,1H3,(H,22,23)(H,24,25,26);2*1H4/t18-,26+;12-,19+;;/m00../s1. The predicted octanol–water partition coefficient (Wildman–Crippen LogP) is 8.18. The first kappa shape index (κ1) is 55.9. The number of H-pyrrole nitrogens is 1. The number of pyridine rings is 2. The third kappa shape index (κ3) is 13.0. The van der Waals surface area contributed by atoms with Gasteiger partial charge in [-0.05, 0) is 82.6 Å². The molecule has 0 spiro atoms. The van der Waals surface area contributed by atoms with E-state index in [1.165, 1.54) is 36.8 Å². The highest BCUT2D eigenvalue weighted by atomic mass is 35.5. The van der Waals surface area contributed by atoms with Crippen molar-refractivity contribution < 1.29 is 44.2 Å². The van der Waals surface area contributed by atoms with Crippen molar-refractivity contribution in [2.45, 2.75) is 101 Å². The number of hydrogen-bond acceptors (Lipinski definition) is 16. The predicted molar refractivity (Wildman–Crippen MR) is 276 cm³/mol. The molecule has 0 aliphatic heterocycles. The summed E-state index contributed by atoms with van der Waals surface area (Å²) >= 11 is 12.2. The van der Waals surface area contributed by atoms with Gasteiger partial charge in [0.2, 0.25) is 0 Å². The molecule has 18 nitrogen and oxygen atoms in total. The third-order valence-corrected chi connectivity index (χ3v) is 16.2. The average Bonchev–Trinajstić information content (AvgIpc) is 3.86. The zero-order valence-corrected chi connectivity index (χ0v) is 41.8. The van der Waals surface area contributed by atoms with Crippen molar-refractivity contribution in [1.29, 1.82) is 0 Å². The summed E-state index contributed by atoms with van der Waals surface area (Å²) in [6.45, 7) is 1.85. The zero-order chi connectivity index (χ0) is 50.4. The van der Waals surface area contributed by atoms with Crippen molar-refractivity contribution in [1.82, 2.24) is 38.9 Å². The van der Waals surface area contributed by atoms with Crippen LogP contribution in [0.15, 0.2) is 78.5 Å². The van der Waals surface area contributed by atoms with Gasteiger partial charge in [0.05, 0.1) is 50.0 Å². The number of aromatic nitrogens is 8. The van der Waals surface area contributed by atoms with E-state index < -0.39 is 64.3 Å². The van der Waals surface area contributed by atoms with Crippen molar-refractivity contribution in [3.05, 3.63) is 101 Å². The molecule has 2 aliphatic carbocycles. The number of aliphatic hydroxyl groups is 2. The molecular formula is C47H56Cl2F2N10O8S3. The molecule has 388 valence electrons. The molecule has 0 saturated heterocycles. The summed E-state index contributed by atoms with van der Waals surface area (Å²) < 4.78 is 104. The Balaban J connectivity index is 0.000000238. The van der Waals surface area contributed by atoms with Crippen molar-refractivity contribution in [2.24, 2.45) is 0 Å². The molecule has 2 saturated carbocycles. The molecular weight excluding hydrogens is 1040 g/mol.